The number of urea groups is 1. The molecule has 0 saturated carbocycles. The summed E-state index contributed by atoms with van der Waals surface area (Å²) in [7, 11) is 0. The lowest BCUT2D eigenvalue weighted by atomic mass is 10.1. The molecule has 0 bridgehead atoms. The molecule has 0 fully saturated rings. The summed E-state index contributed by atoms with van der Waals surface area (Å²) >= 11 is 1.25. The summed E-state index contributed by atoms with van der Waals surface area (Å²) in [4.78, 5) is 35.8. The van der Waals surface area contributed by atoms with Crippen LogP contribution in [0, 0.1) is 0 Å². The van der Waals surface area contributed by atoms with E-state index in [0.717, 1.165) is 24.0 Å². The van der Waals surface area contributed by atoms with Gasteiger partial charge in [0.05, 0.1) is 0 Å². The first-order chi connectivity index (χ1) is 12.1. The molecule has 7 heteroatoms. The molecule has 132 valence electrons. The molecule has 1 aromatic heterocycles. The number of benzene rings is 1. The van der Waals surface area contributed by atoms with Crippen LogP contribution in [-0.4, -0.2) is 31.1 Å². The predicted molar refractivity (Wildman–Crippen MR) is 96.5 cm³/mol. The second-order valence-electron chi connectivity index (χ2n) is 5.26. The number of esters is 1. The smallest absolute Gasteiger partial charge is 0.349 e. The zero-order chi connectivity index (χ0) is 18.1. The topological polar surface area (TPSA) is 84.5 Å². The van der Waals surface area contributed by atoms with Crippen molar-refractivity contribution in [1.29, 1.82) is 0 Å². The summed E-state index contributed by atoms with van der Waals surface area (Å²) in [6.45, 7) is 1.98. The Bertz CT molecular complexity index is 728. The summed E-state index contributed by atoms with van der Waals surface area (Å²) in [5.74, 6) is -1.25. The molecule has 3 amide bonds. The third-order valence-corrected chi connectivity index (χ3v) is 4.23. The van der Waals surface area contributed by atoms with E-state index in [1.54, 1.807) is 5.38 Å². The number of rotatable bonds is 7. The second-order valence-corrected chi connectivity index (χ2v) is 6.18. The highest BCUT2D eigenvalue weighted by atomic mass is 32.1. The van der Waals surface area contributed by atoms with Crippen molar-refractivity contribution in [2.24, 2.45) is 0 Å². The molecular weight excluding hydrogens is 340 g/mol. The standard InChI is InChI=1S/C18H20N2O4S/c1-2-3-10-19-18(23)20-15(21)12-24-17(22)16-14(9-11-25-16)13-7-5-4-6-8-13/h4-9,11H,2-3,10,12H2,1H3,(H2,19,20,21,23). The summed E-state index contributed by atoms with van der Waals surface area (Å²) in [6, 6.07) is 10.7. The van der Waals surface area contributed by atoms with Crippen LogP contribution in [0.1, 0.15) is 29.4 Å². The van der Waals surface area contributed by atoms with E-state index in [4.69, 9.17) is 4.74 Å². The fourth-order valence-electron chi connectivity index (χ4n) is 2.09. The van der Waals surface area contributed by atoms with Gasteiger partial charge in [-0.25, -0.2) is 9.59 Å². The van der Waals surface area contributed by atoms with Gasteiger partial charge in [0, 0.05) is 12.1 Å². The molecule has 0 radical (unpaired) electrons. The third-order valence-electron chi connectivity index (χ3n) is 3.34. The quantitative estimate of drug-likeness (QED) is 0.587. The zero-order valence-corrected chi connectivity index (χ0v) is 14.7. The SMILES string of the molecule is CCCCNC(=O)NC(=O)COC(=O)c1sccc1-c1ccccc1. The average Bonchev–Trinajstić information content (AvgIpc) is 3.10. The number of unbranched alkanes of at least 4 members (excludes halogenated alkanes) is 1. The van der Waals surface area contributed by atoms with Gasteiger partial charge in [-0.3, -0.25) is 10.1 Å². The Morgan fingerprint density at radius 2 is 1.88 bits per heavy atom. The Balaban J connectivity index is 1.86. The van der Waals surface area contributed by atoms with Gasteiger partial charge < -0.3 is 10.1 Å². The molecule has 25 heavy (non-hydrogen) atoms. The summed E-state index contributed by atoms with van der Waals surface area (Å²) in [5, 5.41) is 6.47. The summed E-state index contributed by atoms with van der Waals surface area (Å²) in [5.41, 5.74) is 1.66. The van der Waals surface area contributed by atoms with E-state index in [9.17, 15) is 14.4 Å². The van der Waals surface area contributed by atoms with E-state index < -0.39 is 24.5 Å². The first-order valence-electron chi connectivity index (χ1n) is 7.99. The van der Waals surface area contributed by atoms with E-state index in [2.05, 4.69) is 10.6 Å². The second kappa shape index (κ2) is 9.58. The highest BCUT2D eigenvalue weighted by molar-refractivity contribution is 7.12. The molecule has 0 atom stereocenters. The van der Waals surface area contributed by atoms with Crippen LogP contribution >= 0.6 is 11.3 Å². The Morgan fingerprint density at radius 1 is 1.12 bits per heavy atom. The van der Waals surface area contributed by atoms with Gasteiger partial charge in [-0.05, 0) is 23.4 Å². The first kappa shape index (κ1) is 18.7. The van der Waals surface area contributed by atoms with Crippen LogP contribution < -0.4 is 10.6 Å². The average molecular weight is 360 g/mol. The van der Waals surface area contributed by atoms with Crippen molar-refractivity contribution in [3.63, 3.8) is 0 Å². The lowest BCUT2D eigenvalue weighted by Gasteiger charge is -2.07. The largest absolute Gasteiger partial charge is 0.451 e. The Kier molecular flexibility index (Phi) is 7.16. The van der Waals surface area contributed by atoms with Gasteiger partial charge in [-0.1, -0.05) is 43.7 Å². The van der Waals surface area contributed by atoms with Gasteiger partial charge >= 0.3 is 12.0 Å². The molecule has 6 nitrogen and oxygen atoms in total. The summed E-state index contributed by atoms with van der Waals surface area (Å²) < 4.78 is 5.02. The van der Waals surface area contributed by atoms with Crippen LogP contribution in [0.5, 0.6) is 0 Å². The van der Waals surface area contributed by atoms with Crippen LogP contribution in [0.4, 0.5) is 4.79 Å². The molecule has 2 aromatic rings. The van der Waals surface area contributed by atoms with Crippen molar-refractivity contribution >= 4 is 29.2 Å². The maximum atomic E-state index is 12.2. The van der Waals surface area contributed by atoms with E-state index >= 15 is 0 Å². The highest BCUT2D eigenvalue weighted by Crippen LogP contribution is 2.28. The molecule has 1 heterocycles. The number of nitrogens with one attached hydrogen (secondary N) is 2. The number of carbonyl (C=O) groups is 3. The number of thiophene rings is 1. The minimum absolute atomic E-state index is 0.423. The van der Waals surface area contributed by atoms with Gasteiger partial charge in [0.1, 0.15) is 4.88 Å². The Hall–Kier alpha value is -2.67. The number of imide groups is 1. The highest BCUT2D eigenvalue weighted by Gasteiger charge is 2.17. The zero-order valence-electron chi connectivity index (χ0n) is 13.9. The lowest BCUT2D eigenvalue weighted by molar-refractivity contribution is -0.123. The molecule has 0 aliphatic rings. The van der Waals surface area contributed by atoms with E-state index in [1.165, 1.54) is 11.3 Å². The number of hydrogen-bond acceptors (Lipinski definition) is 5. The predicted octanol–water partition coefficient (Wildman–Crippen LogP) is 3.20. The fourth-order valence-corrected chi connectivity index (χ4v) is 2.90. The van der Waals surface area contributed by atoms with Gasteiger partial charge in [0.25, 0.3) is 5.91 Å². The number of hydrogen-bond donors (Lipinski definition) is 2. The molecule has 0 unspecified atom stereocenters. The van der Waals surface area contributed by atoms with Gasteiger partial charge in [0.2, 0.25) is 0 Å². The van der Waals surface area contributed by atoms with Crippen LogP contribution in [0.25, 0.3) is 11.1 Å². The van der Waals surface area contributed by atoms with E-state index in [0.29, 0.717) is 11.4 Å². The molecule has 2 rings (SSSR count). The van der Waals surface area contributed by atoms with Crippen LogP contribution in [-0.2, 0) is 9.53 Å². The van der Waals surface area contributed by atoms with Crippen LogP contribution in [0.3, 0.4) is 0 Å². The lowest BCUT2D eigenvalue weighted by Crippen LogP contribution is -2.41. The van der Waals surface area contributed by atoms with Gasteiger partial charge in [-0.2, -0.15) is 0 Å². The Labute approximate surface area is 150 Å². The molecule has 0 aliphatic heterocycles. The third kappa shape index (κ3) is 5.72. The normalized spacial score (nSPS) is 10.1. The maximum Gasteiger partial charge on any atom is 0.349 e. The van der Waals surface area contributed by atoms with E-state index in [-0.39, 0.29) is 0 Å². The molecule has 0 saturated heterocycles. The van der Waals surface area contributed by atoms with Crippen molar-refractivity contribution in [1.82, 2.24) is 10.6 Å². The molecule has 0 spiro atoms. The maximum absolute atomic E-state index is 12.2. The van der Waals surface area contributed by atoms with Gasteiger partial charge in [-0.15, -0.1) is 11.3 Å². The van der Waals surface area contributed by atoms with Crippen LogP contribution in [0.2, 0.25) is 0 Å². The fraction of sp³-hybridized carbons (Fsp3) is 0.278. The van der Waals surface area contributed by atoms with Gasteiger partial charge in [0.15, 0.2) is 6.61 Å². The van der Waals surface area contributed by atoms with Crippen molar-refractivity contribution in [2.45, 2.75) is 19.8 Å². The van der Waals surface area contributed by atoms with Crippen molar-refractivity contribution in [3.05, 3.63) is 46.7 Å². The number of carbonyl (C=O) groups excluding carboxylic acids is 3. The summed E-state index contributed by atoms with van der Waals surface area (Å²) in [6.07, 6.45) is 1.77. The van der Waals surface area contributed by atoms with Crippen LogP contribution in [0.15, 0.2) is 41.8 Å². The minimum Gasteiger partial charge on any atom is -0.451 e. The Morgan fingerprint density at radius 3 is 2.60 bits per heavy atom. The van der Waals surface area contributed by atoms with Crippen molar-refractivity contribution in [3.8, 4) is 11.1 Å². The van der Waals surface area contributed by atoms with Crippen molar-refractivity contribution in [2.75, 3.05) is 13.2 Å². The molecular formula is C18H20N2O4S. The number of amides is 3. The molecule has 2 N–H and O–H groups in total. The first-order valence-corrected chi connectivity index (χ1v) is 8.87. The number of ether oxygens (including phenoxy) is 1. The van der Waals surface area contributed by atoms with Crippen molar-refractivity contribution < 1.29 is 19.1 Å². The minimum atomic E-state index is -0.667. The van der Waals surface area contributed by atoms with E-state index in [1.807, 2.05) is 43.3 Å². The molecule has 0 aliphatic carbocycles. The monoisotopic (exact) mass is 360 g/mol. The molecule has 1 aromatic carbocycles.